The fourth-order valence-corrected chi connectivity index (χ4v) is 0. The van der Waals surface area contributed by atoms with Crippen LogP contribution >= 0.6 is 0 Å². The molecule has 0 saturated carbocycles. The fraction of sp³-hybridized carbons (Fsp3) is 0.833. The second-order valence-corrected chi connectivity index (χ2v) is 2.00. The molecule has 0 fully saturated rings. The van der Waals surface area contributed by atoms with Gasteiger partial charge in [0.25, 0.3) is 0 Å². The Hall–Kier alpha value is 1.47. The third kappa shape index (κ3) is 476. The Labute approximate surface area is 111 Å². The van der Waals surface area contributed by atoms with E-state index in [9.17, 15) is 4.79 Å². The summed E-state index contributed by atoms with van der Waals surface area (Å²) in [6.45, 7) is 6.50. The van der Waals surface area contributed by atoms with Gasteiger partial charge >= 0.3 is 37.7 Å². The van der Waals surface area contributed by atoms with Crippen LogP contribution in [0.4, 0.5) is 0 Å². The second kappa shape index (κ2) is 22.5. The molecule has 0 heterocycles. The maximum absolute atomic E-state index is 9.44. The molecule has 0 spiro atoms. The molecular weight excluding hydrogens is 215 g/mol. The number of aliphatic hydroxyl groups excluding tert-OH is 1. The van der Waals surface area contributed by atoms with E-state index in [1.54, 1.807) is 13.8 Å². The van der Waals surface area contributed by atoms with E-state index in [0.29, 0.717) is 0 Å². The number of aliphatic hydroxyl groups is 1. The minimum Gasteiger partial charge on any atom is -1.00 e. The number of halogens is 2. The molecule has 0 aromatic carbocycles. The van der Waals surface area contributed by atoms with Gasteiger partial charge in [-0.15, -0.1) is 0 Å². The van der Waals surface area contributed by atoms with Gasteiger partial charge in [-0.3, -0.25) is 0 Å². The standard InChI is InChI=1S/C3H8O.C3H6O.Ca.2ClH/c2*1-3(2)4;;;/h3-4H,1-2H3;1-2H3;;2*1H/q;;+2;;/p-2. The van der Waals surface area contributed by atoms with Crippen LogP contribution in [0.25, 0.3) is 0 Å². The third-order valence-corrected chi connectivity index (χ3v) is 0. The molecule has 1 N–H and O–H groups in total. The van der Waals surface area contributed by atoms with Crippen LogP contribution in [0, 0.1) is 0 Å². The molecule has 5 heteroatoms. The molecule has 0 bridgehead atoms. The van der Waals surface area contributed by atoms with Crippen LogP contribution in [0.2, 0.25) is 0 Å². The van der Waals surface area contributed by atoms with Crippen molar-refractivity contribution in [3.05, 3.63) is 0 Å². The SMILES string of the molecule is CC(C)=O.CC(C)O.[Ca+2].[Cl-].[Cl-]. The molecule has 0 aromatic rings. The summed E-state index contributed by atoms with van der Waals surface area (Å²) in [5.74, 6) is 0.167. The number of rotatable bonds is 0. The maximum Gasteiger partial charge on any atom is 2.00 e. The Balaban J connectivity index is -0.0000000171. The quantitative estimate of drug-likeness (QED) is 0.421. The van der Waals surface area contributed by atoms with E-state index < -0.39 is 0 Å². The van der Waals surface area contributed by atoms with Crippen molar-refractivity contribution in [1.82, 2.24) is 0 Å². The van der Waals surface area contributed by atoms with Gasteiger partial charge in [-0.1, -0.05) is 0 Å². The minimum absolute atomic E-state index is 0. The van der Waals surface area contributed by atoms with Gasteiger partial charge in [0.15, 0.2) is 0 Å². The number of carbonyl (C=O) groups is 1. The van der Waals surface area contributed by atoms with Crippen LogP contribution in [-0.2, 0) is 4.79 Å². The number of Topliss-reactive ketones (excluding diaryl/α,β-unsaturated/α-hetero) is 1. The smallest absolute Gasteiger partial charge is 1.00 e. The number of ketones is 1. The largest absolute Gasteiger partial charge is 2.00 e. The Bertz CT molecular complexity index is 62.8. The first kappa shape index (κ1) is 29.4. The van der Waals surface area contributed by atoms with Crippen molar-refractivity contribution in [1.29, 1.82) is 0 Å². The van der Waals surface area contributed by atoms with E-state index >= 15 is 0 Å². The van der Waals surface area contributed by atoms with Crippen molar-refractivity contribution >= 4 is 43.5 Å². The van der Waals surface area contributed by atoms with Crippen LogP contribution < -0.4 is 24.8 Å². The van der Waals surface area contributed by atoms with Crippen molar-refractivity contribution in [2.75, 3.05) is 0 Å². The van der Waals surface area contributed by atoms with Crippen molar-refractivity contribution in [2.45, 2.75) is 33.8 Å². The molecule has 0 aromatic heterocycles. The molecule has 0 aliphatic carbocycles. The average molecular weight is 229 g/mol. The van der Waals surface area contributed by atoms with Crippen LogP contribution in [-0.4, -0.2) is 54.7 Å². The van der Waals surface area contributed by atoms with Gasteiger partial charge < -0.3 is 34.7 Å². The molecule has 0 radical (unpaired) electrons. The van der Waals surface area contributed by atoms with E-state index in [1.165, 1.54) is 13.8 Å². The van der Waals surface area contributed by atoms with Crippen LogP contribution in [0.3, 0.4) is 0 Å². The maximum atomic E-state index is 9.44. The summed E-state index contributed by atoms with van der Waals surface area (Å²) >= 11 is 0. The van der Waals surface area contributed by atoms with Crippen molar-refractivity contribution < 1.29 is 34.7 Å². The summed E-state index contributed by atoms with van der Waals surface area (Å²) in [7, 11) is 0. The molecule has 11 heavy (non-hydrogen) atoms. The Kier molecular flexibility index (Phi) is 60.2. The molecule has 0 rings (SSSR count). The molecule has 0 amide bonds. The number of hydrogen-bond acceptors (Lipinski definition) is 2. The first-order chi connectivity index (χ1) is 3.46. The first-order valence-corrected chi connectivity index (χ1v) is 2.62. The Morgan fingerprint density at radius 2 is 1.18 bits per heavy atom. The predicted molar refractivity (Wildman–Crippen MR) is 39.5 cm³/mol. The summed E-state index contributed by atoms with van der Waals surface area (Å²) in [5, 5.41) is 8.06. The first-order valence-electron chi connectivity index (χ1n) is 2.62. The number of carbonyl (C=O) groups excluding carboxylic acids is 1. The molecule has 66 valence electrons. The van der Waals surface area contributed by atoms with Gasteiger partial charge in [-0.25, -0.2) is 0 Å². The molecular formula is C6H14CaCl2O2. The molecule has 0 aliphatic rings. The molecule has 0 saturated heterocycles. The van der Waals surface area contributed by atoms with Gasteiger partial charge in [-0.2, -0.15) is 0 Å². The predicted octanol–water partition coefficient (Wildman–Crippen LogP) is -5.39. The van der Waals surface area contributed by atoms with Gasteiger partial charge in [0.1, 0.15) is 5.78 Å². The summed E-state index contributed by atoms with van der Waals surface area (Å²) in [4.78, 5) is 9.44. The second-order valence-electron chi connectivity index (χ2n) is 2.00. The van der Waals surface area contributed by atoms with E-state index in [2.05, 4.69) is 0 Å². The van der Waals surface area contributed by atoms with Crippen LogP contribution in [0.1, 0.15) is 27.7 Å². The molecule has 2 nitrogen and oxygen atoms in total. The normalized spacial score (nSPS) is 5.64. The summed E-state index contributed by atoms with van der Waals surface area (Å²) in [6.07, 6.45) is -0.167. The van der Waals surface area contributed by atoms with E-state index in [0.717, 1.165) is 0 Å². The van der Waals surface area contributed by atoms with Crippen molar-refractivity contribution in [3.63, 3.8) is 0 Å². The van der Waals surface area contributed by atoms with Gasteiger partial charge in [0, 0.05) is 6.10 Å². The Morgan fingerprint density at radius 3 is 1.18 bits per heavy atom. The van der Waals surface area contributed by atoms with E-state index in [-0.39, 0.29) is 74.4 Å². The zero-order valence-corrected chi connectivity index (χ0v) is 11.1. The van der Waals surface area contributed by atoms with Gasteiger partial charge in [0.2, 0.25) is 0 Å². The monoisotopic (exact) mass is 228 g/mol. The van der Waals surface area contributed by atoms with Crippen molar-refractivity contribution in [3.8, 4) is 0 Å². The third-order valence-electron chi connectivity index (χ3n) is 0. The summed E-state index contributed by atoms with van der Waals surface area (Å²) in [6, 6.07) is 0. The minimum atomic E-state index is -0.167. The molecule has 0 unspecified atom stereocenters. The van der Waals surface area contributed by atoms with Gasteiger partial charge in [-0.05, 0) is 27.7 Å². The topological polar surface area (TPSA) is 37.3 Å². The van der Waals surface area contributed by atoms with E-state index in [4.69, 9.17) is 5.11 Å². The fourth-order valence-electron chi connectivity index (χ4n) is 0. The average Bonchev–Trinajstić information content (AvgIpc) is 1.25. The zero-order chi connectivity index (χ0) is 7.15. The van der Waals surface area contributed by atoms with Gasteiger partial charge in [0.05, 0.1) is 0 Å². The number of hydrogen-bond donors (Lipinski definition) is 1. The van der Waals surface area contributed by atoms with E-state index in [1.807, 2.05) is 0 Å². The summed E-state index contributed by atoms with van der Waals surface area (Å²) in [5.41, 5.74) is 0. The van der Waals surface area contributed by atoms with Crippen LogP contribution in [0.15, 0.2) is 0 Å². The zero-order valence-electron chi connectivity index (χ0n) is 7.40. The Morgan fingerprint density at radius 1 is 1.18 bits per heavy atom. The van der Waals surface area contributed by atoms with Crippen molar-refractivity contribution in [2.24, 2.45) is 0 Å². The molecule has 0 aliphatic heterocycles. The molecule has 0 atom stereocenters. The summed E-state index contributed by atoms with van der Waals surface area (Å²) < 4.78 is 0. The van der Waals surface area contributed by atoms with Crippen LogP contribution in [0.5, 0.6) is 0 Å².